The molecular weight excluding hydrogens is 650 g/mol. The van der Waals surface area contributed by atoms with E-state index in [1.165, 1.54) is 4.90 Å². The van der Waals surface area contributed by atoms with Crippen molar-refractivity contribution in [2.45, 2.75) is 13.2 Å². The summed E-state index contributed by atoms with van der Waals surface area (Å²) in [6.07, 6.45) is 1.68. The maximum Gasteiger partial charge on any atom is 0.293 e. The van der Waals surface area contributed by atoms with Gasteiger partial charge in [0.05, 0.1) is 23.0 Å². The van der Waals surface area contributed by atoms with Crippen molar-refractivity contribution in [3.8, 4) is 11.5 Å². The molecule has 1 saturated heterocycles. The molecule has 5 nitrogen and oxygen atoms in total. The van der Waals surface area contributed by atoms with Crippen molar-refractivity contribution in [3.05, 3.63) is 95.7 Å². The van der Waals surface area contributed by atoms with Crippen LogP contribution in [0.15, 0.2) is 79.0 Å². The number of benzene rings is 3. The van der Waals surface area contributed by atoms with Gasteiger partial charge in [0.25, 0.3) is 11.1 Å². The number of rotatable bonds is 7. The summed E-state index contributed by atoms with van der Waals surface area (Å²) in [4.78, 5) is 27.2. The zero-order valence-corrected chi connectivity index (χ0v) is 23.5. The summed E-state index contributed by atoms with van der Waals surface area (Å²) < 4.78 is 13.8. The quantitative estimate of drug-likeness (QED) is 0.241. The van der Waals surface area contributed by atoms with Gasteiger partial charge >= 0.3 is 0 Å². The Morgan fingerprint density at radius 1 is 0.971 bits per heavy atom. The second kappa shape index (κ2) is 11.1. The first-order chi connectivity index (χ1) is 16.4. The molecule has 0 spiro atoms. The number of nitrogens with zero attached hydrogens (tertiary/aromatic N) is 1. The summed E-state index contributed by atoms with van der Waals surface area (Å²) in [6.45, 7) is 0.569. The number of carbonyl (C=O) groups is 2. The van der Waals surface area contributed by atoms with Crippen LogP contribution in [0, 0.1) is 0 Å². The van der Waals surface area contributed by atoms with E-state index < -0.39 is 0 Å². The molecule has 0 N–H and O–H groups in total. The van der Waals surface area contributed by atoms with Crippen molar-refractivity contribution < 1.29 is 19.1 Å². The lowest BCUT2D eigenvalue weighted by Gasteiger charge is -2.16. The predicted octanol–water partition coefficient (Wildman–Crippen LogP) is 7.80. The van der Waals surface area contributed by atoms with Crippen LogP contribution in [-0.4, -0.2) is 23.2 Å². The molecule has 9 heteroatoms. The fourth-order valence-electron chi connectivity index (χ4n) is 3.30. The van der Waals surface area contributed by atoms with Crippen LogP contribution in [0.3, 0.4) is 0 Å². The lowest BCUT2D eigenvalue weighted by molar-refractivity contribution is -0.123. The highest BCUT2D eigenvalue weighted by molar-refractivity contribution is 9.13. The second-order valence-electron chi connectivity index (χ2n) is 7.26. The lowest BCUT2D eigenvalue weighted by atomic mass is 10.1. The number of imide groups is 1. The minimum Gasteiger partial charge on any atom is -0.493 e. The molecule has 0 radical (unpaired) electrons. The number of ether oxygens (including phenoxy) is 2. The molecule has 3 aromatic carbocycles. The summed E-state index contributed by atoms with van der Waals surface area (Å²) in [5.41, 5.74) is 2.56. The van der Waals surface area contributed by atoms with Gasteiger partial charge in [-0.05, 0) is 78.5 Å². The Bertz CT molecular complexity index is 1280. The normalized spacial score (nSPS) is 14.7. The van der Waals surface area contributed by atoms with Crippen molar-refractivity contribution in [2.75, 3.05) is 7.11 Å². The van der Waals surface area contributed by atoms with Crippen LogP contribution in [0.1, 0.15) is 16.7 Å². The number of hydrogen-bond donors (Lipinski definition) is 0. The number of methoxy groups -OCH3 is 1. The molecule has 0 aliphatic carbocycles. The fraction of sp³-hybridized carbons (Fsp3) is 0.120. The number of amides is 2. The SMILES string of the molecule is COc1cc(/C=C2\SC(=O)N(Cc3ccccc3Br)C2=O)c(Br)c(Br)c1OCc1ccccc1. The standard InChI is InChI=1S/C25H18Br3NO4S/c1-32-19-11-17(21(27)22(28)23(19)33-14-15-7-3-2-4-8-15)12-20-24(30)29(25(31)34-20)13-16-9-5-6-10-18(16)26/h2-12H,13-14H2,1H3/b20-12-. The van der Waals surface area contributed by atoms with E-state index in [0.717, 1.165) is 27.4 Å². The van der Waals surface area contributed by atoms with Gasteiger partial charge in [0.1, 0.15) is 6.61 Å². The maximum atomic E-state index is 13.0. The second-order valence-corrected chi connectivity index (χ2v) is 10.7. The van der Waals surface area contributed by atoms with Gasteiger partial charge < -0.3 is 9.47 Å². The van der Waals surface area contributed by atoms with Gasteiger partial charge in [0.15, 0.2) is 11.5 Å². The topological polar surface area (TPSA) is 55.8 Å². The Labute approximate surface area is 226 Å². The maximum absolute atomic E-state index is 13.0. The summed E-state index contributed by atoms with van der Waals surface area (Å²) in [5, 5.41) is -0.308. The average Bonchev–Trinajstić information content (AvgIpc) is 3.10. The van der Waals surface area contributed by atoms with Crippen LogP contribution in [0.5, 0.6) is 11.5 Å². The lowest BCUT2D eigenvalue weighted by Crippen LogP contribution is -2.27. The van der Waals surface area contributed by atoms with Crippen LogP contribution in [0.4, 0.5) is 4.79 Å². The minimum absolute atomic E-state index is 0.198. The van der Waals surface area contributed by atoms with Crippen LogP contribution in [0.25, 0.3) is 6.08 Å². The zero-order chi connectivity index (χ0) is 24.2. The first-order valence-corrected chi connectivity index (χ1v) is 13.3. The largest absolute Gasteiger partial charge is 0.493 e. The van der Waals surface area contributed by atoms with Crippen LogP contribution < -0.4 is 9.47 Å². The number of hydrogen-bond acceptors (Lipinski definition) is 5. The van der Waals surface area contributed by atoms with Crippen molar-refractivity contribution in [1.82, 2.24) is 4.90 Å². The Morgan fingerprint density at radius 2 is 1.68 bits per heavy atom. The third-order valence-electron chi connectivity index (χ3n) is 5.05. The van der Waals surface area contributed by atoms with Crippen molar-refractivity contribution in [3.63, 3.8) is 0 Å². The van der Waals surface area contributed by atoms with E-state index in [9.17, 15) is 9.59 Å². The molecule has 0 aromatic heterocycles. The van der Waals surface area contributed by atoms with Crippen LogP contribution in [0.2, 0.25) is 0 Å². The van der Waals surface area contributed by atoms with Gasteiger partial charge in [0.2, 0.25) is 0 Å². The molecule has 4 rings (SSSR count). The highest BCUT2D eigenvalue weighted by Crippen LogP contribution is 2.45. The molecule has 1 heterocycles. The van der Waals surface area contributed by atoms with Crippen LogP contribution >= 0.6 is 59.6 Å². The van der Waals surface area contributed by atoms with E-state index in [0.29, 0.717) is 37.5 Å². The van der Waals surface area contributed by atoms with Gasteiger partial charge in [-0.3, -0.25) is 14.5 Å². The van der Waals surface area contributed by atoms with Gasteiger partial charge in [-0.25, -0.2) is 0 Å². The molecule has 0 saturated carbocycles. The molecule has 174 valence electrons. The Hall–Kier alpha value is -2.07. The summed E-state index contributed by atoms with van der Waals surface area (Å²) in [6, 6.07) is 19.1. The van der Waals surface area contributed by atoms with E-state index in [-0.39, 0.29) is 17.7 Å². The first kappa shape index (κ1) is 25.0. The van der Waals surface area contributed by atoms with Gasteiger partial charge in [-0.2, -0.15) is 0 Å². The molecule has 1 fully saturated rings. The predicted molar refractivity (Wildman–Crippen MR) is 145 cm³/mol. The van der Waals surface area contributed by atoms with E-state index in [1.54, 1.807) is 19.3 Å². The van der Waals surface area contributed by atoms with E-state index in [2.05, 4.69) is 47.8 Å². The molecule has 0 atom stereocenters. The smallest absolute Gasteiger partial charge is 0.293 e. The number of carbonyl (C=O) groups excluding carboxylic acids is 2. The van der Waals surface area contributed by atoms with Crippen LogP contribution in [-0.2, 0) is 17.9 Å². The van der Waals surface area contributed by atoms with Gasteiger partial charge in [-0.1, -0.05) is 64.5 Å². The molecular formula is C25H18Br3NO4S. The molecule has 34 heavy (non-hydrogen) atoms. The molecule has 0 unspecified atom stereocenters. The van der Waals surface area contributed by atoms with Crippen molar-refractivity contribution in [2.24, 2.45) is 0 Å². The summed E-state index contributed by atoms with van der Waals surface area (Å²) >= 11 is 11.6. The van der Waals surface area contributed by atoms with Gasteiger partial charge in [0, 0.05) is 8.95 Å². The Morgan fingerprint density at radius 3 is 2.38 bits per heavy atom. The summed E-state index contributed by atoms with van der Waals surface area (Å²) in [7, 11) is 1.56. The first-order valence-electron chi connectivity index (χ1n) is 10.1. The van der Waals surface area contributed by atoms with Crippen molar-refractivity contribution in [1.29, 1.82) is 0 Å². The Kier molecular flexibility index (Phi) is 8.18. The summed E-state index contributed by atoms with van der Waals surface area (Å²) in [5.74, 6) is 0.708. The van der Waals surface area contributed by atoms with Crippen molar-refractivity contribution >= 4 is 76.8 Å². The number of thioether (sulfide) groups is 1. The monoisotopic (exact) mass is 665 g/mol. The fourth-order valence-corrected chi connectivity index (χ4v) is 5.49. The number of halogens is 3. The zero-order valence-electron chi connectivity index (χ0n) is 17.9. The third kappa shape index (κ3) is 5.43. The minimum atomic E-state index is -0.336. The van der Waals surface area contributed by atoms with E-state index >= 15 is 0 Å². The molecule has 1 aliphatic rings. The highest BCUT2D eigenvalue weighted by Gasteiger charge is 2.35. The highest BCUT2D eigenvalue weighted by atomic mass is 79.9. The van der Waals surface area contributed by atoms with Gasteiger partial charge in [-0.15, -0.1) is 0 Å². The third-order valence-corrected chi connectivity index (χ3v) is 8.87. The molecule has 0 bridgehead atoms. The molecule has 2 amide bonds. The Balaban J connectivity index is 1.60. The van der Waals surface area contributed by atoms with E-state index in [4.69, 9.17) is 9.47 Å². The average molecular weight is 668 g/mol. The van der Waals surface area contributed by atoms with E-state index in [1.807, 2.05) is 54.6 Å². The molecule has 1 aliphatic heterocycles. The molecule has 3 aromatic rings.